The molecule has 0 spiro atoms. The number of nitro groups is 1. The summed E-state index contributed by atoms with van der Waals surface area (Å²) in [6, 6.07) is -0.646. The normalized spacial score (nSPS) is 28.5. The lowest BCUT2D eigenvalue weighted by Crippen LogP contribution is -2.48. The van der Waals surface area contributed by atoms with Gasteiger partial charge in [-0.15, -0.1) is 0 Å². The van der Waals surface area contributed by atoms with Crippen molar-refractivity contribution in [1.29, 1.82) is 0 Å². The Kier molecular flexibility index (Phi) is 5.13. The lowest BCUT2D eigenvalue weighted by Gasteiger charge is -2.39. The molecule has 1 aliphatic carbocycles. The Bertz CT molecular complexity index is 389. The average Bonchev–Trinajstić information content (AvgIpc) is 2.29. The molecule has 3 atom stereocenters. The molecule has 0 aromatic rings. The molecule has 0 bridgehead atoms. The molecule has 1 aliphatic rings. The predicted octanol–water partition coefficient (Wildman–Crippen LogP) is 3.27. The van der Waals surface area contributed by atoms with E-state index in [0.717, 1.165) is 0 Å². The van der Waals surface area contributed by atoms with Gasteiger partial charge >= 0.3 is 0 Å². The highest BCUT2D eigenvalue weighted by Gasteiger charge is 2.45. The Hall–Kier alpha value is -0.753. The zero-order valence-electron chi connectivity index (χ0n) is 13.4. The van der Waals surface area contributed by atoms with Crippen molar-refractivity contribution in [2.75, 3.05) is 6.61 Å². The van der Waals surface area contributed by atoms with Gasteiger partial charge in [-0.3, -0.25) is 14.9 Å². The molecule has 0 saturated heterocycles. The fourth-order valence-corrected chi connectivity index (χ4v) is 3.38. The van der Waals surface area contributed by atoms with Crippen molar-refractivity contribution in [3.63, 3.8) is 0 Å². The van der Waals surface area contributed by atoms with Crippen LogP contribution in [0.3, 0.4) is 0 Å². The van der Waals surface area contributed by atoms with E-state index in [9.17, 15) is 14.9 Å². The Morgan fingerprint density at radius 2 is 1.95 bits per heavy atom. The summed E-state index contributed by atoms with van der Waals surface area (Å²) in [6.45, 7) is 12.8. The van der Waals surface area contributed by atoms with Crippen LogP contribution in [-0.4, -0.2) is 31.7 Å². The van der Waals surface area contributed by atoms with Crippen LogP contribution in [0.25, 0.3) is 0 Å². The maximum absolute atomic E-state index is 11.8. The molecule has 0 heterocycles. The average molecular weight is 301 g/mol. The molecule has 1 saturated carbocycles. The van der Waals surface area contributed by atoms with E-state index in [2.05, 4.69) is 33.9 Å². The summed E-state index contributed by atoms with van der Waals surface area (Å²) in [7, 11) is -1.94. The quantitative estimate of drug-likeness (QED) is 0.454. The van der Waals surface area contributed by atoms with Gasteiger partial charge in [0.15, 0.2) is 8.32 Å². The molecule has 20 heavy (non-hydrogen) atoms. The molecule has 0 aromatic heterocycles. The minimum Gasteiger partial charge on any atom is -0.416 e. The van der Waals surface area contributed by atoms with E-state index in [-0.39, 0.29) is 27.6 Å². The van der Waals surface area contributed by atoms with Gasteiger partial charge < -0.3 is 4.43 Å². The molecular weight excluding hydrogens is 274 g/mol. The van der Waals surface area contributed by atoms with Crippen LogP contribution in [0.2, 0.25) is 18.1 Å². The second-order valence-corrected chi connectivity index (χ2v) is 12.2. The minimum absolute atomic E-state index is 0.0685. The molecule has 1 rings (SSSR count). The minimum atomic E-state index is -1.94. The first-order valence-corrected chi connectivity index (χ1v) is 10.2. The predicted molar refractivity (Wildman–Crippen MR) is 80.8 cm³/mol. The number of carbonyl (C=O) groups excluding carboxylic acids is 1. The van der Waals surface area contributed by atoms with E-state index in [1.165, 1.54) is 0 Å². The van der Waals surface area contributed by atoms with Crippen molar-refractivity contribution < 1.29 is 14.1 Å². The van der Waals surface area contributed by atoms with Crippen molar-refractivity contribution in [3.8, 4) is 0 Å². The smallest absolute Gasteiger partial charge is 0.219 e. The van der Waals surface area contributed by atoms with Crippen LogP contribution >= 0.6 is 0 Å². The van der Waals surface area contributed by atoms with Crippen molar-refractivity contribution in [2.24, 2.45) is 11.8 Å². The largest absolute Gasteiger partial charge is 0.416 e. The summed E-state index contributed by atoms with van der Waals surface area (Å²) in [4.78, 5) is 22.8. The van der Waals surface area contributed by atoms with Gasteiger partial charge in [0.1, 0.15) is 5.78 Å². The maximum atomic E-state index is 11.8. The lowest BCUT2D eigenvalue weighted by molar-refractivity contribution is -0.536. The Balaban J connectivity index is 2.80. The topological polar surface area (TPSA) is 69.4 Å². The molecule has 0 radical (unpaired) electrons. The van der Waals surface area contributed by atoms with E-state index in [4.69, 9.17) is 4.43 Å². The number of rotatable bonds is 4. The number of carbonyl (C=O) groups is 1. The number of hydrogen-bond donors (Lipinski definition) is 0. The third-order valence-electron chi connectivity index (χ3n) is 5.04. The summed E-state index contributed by atoms with van der Waals surface area (Å²) in [5, 5.41) is 11.3. The van der Waals surface area contributed by atoms with Crippen LogP contribution in [0.4, 0.5) is 0 Å². The van der Waals surface area contributed by atoms with Crippen LogP contribution in [0, 0.1) is 22.0 Å². The number of nitrogens with zero attached hydrogens (tertiary/aromatic N) is 1. The SMILES string of the molecule is C[C@H]1C(=O)CC[C@@H]([N+](=O)[O-])[C@H]1CO[Si](C)(C)C(C)(C)C. The Labute approximate surface area is 122 Å². The molecule has 0 aromatic carbocycles. The second kappa shape index (κ2) is 5.93. The van der Waals surface area contributed by atoms with E-state index in [1.54, 1.807) is 6.92 Å². The van der Waals surface area contributed by atoms with Gasteiger partial charge in [-0.05, 0) is 18.1 Å². The third-order valence-corrected chi connectivity index (χ3v) is 9.55. The molecule has 116 valence electrons. The fourth-order valence-electron chi connectivity index (χ4n) is 2.34. The monoisotopic (exact) mass is 301 g/mol. The first-order valence-electron chi connectivity index (χ1n) is 7.27. The van der Waals surface area contributed by atoms with Gasteiger partial charge in [0.25, 0.3) is 0 Å². The highest BCUT2D eigenvalue weighted by molar-refractivity contribution is 6.74. The lowest BCUT2D eigenvalue weighted by atomic mass is 9.77. The van der Waals surface area contributed by atoms with Crippen LogP contribution in [0.1, 0.15) is 40.5 Å². The number of ketones is 1. The van der Waals surface area contributed by atoms with Gasteiger partial charge in [0, 0.05) is 30.3 Å². The zero-order valence-corrected chi connectivity index (χ0v) is 14.4. The van der Waals surface area contributed by atoms with Crippen molar-refractivity contribution in [2.45, 2.75) is 64.7 Å². The zero-order chi connectivity index (χ0) is 15.7. The molecular formula is C14H27NO4Si. The standard InChI is InChI=1S/C14H27NO4Si/c1-10-11(9-19-20(5,6)14(2,3)4)12(15(17)18)7-8-13(10)16/h10-12H,7-9H2,1-6H3/t10-,11+,12-/m1/s1. The third kappa shape index (κ3) is 3.66. The molecule has 0 unspecified atom stereocenters. The van der Waals surface area contributed by atoms with Gasteiger partial charge in [-0.1, -0.05) is 27.7 Å². The van der Waals surface area contributed by atoms with Crippen molar-refractivity contribution >= 4 is 14.1 Å². The van der Waals surface area contributed by atoms with E-state index < -0.39 is 14.4 Å². The van der Waals surface area contributed by atoms with E-state index in [1.807, 2.05) is 0 Å². The van der Waals surface area contributed by atoms with Gasteiger partial charge in [-0.25, -0.2) is 0 Å². The fraction of sp³-hybridized carbons (Fsp3) is 0.929. The highest BCUT2D eigenvalue weighted by atomic mass is 28.4. The first-order chi connectivity index (χ1) is 8.97. The van der Waals surface area contributed by atoms with Crippen LogP contribution in [0.5, 0.6) is 0 Å². The van der Waals surface area contributed by atoms with Crippen molar-refractivity contribution in [1.82, 2.24) is 0 Å². The van der Waals surface area contributed by atoms with Gasteiger partial charge in [0.05, 0.1) is 5.92 Å². The molecule has 0 N–H and O–H groups in total. The molecule has 1 fully saturated rings. The summed E-state index contributed by atoms with van der Waals surface area (Å²) in [5.41, 5.74) is 0. The Morgan fingerprint density at radius 3 is 2.40 bits per heavy atom. The summed E-state index contributed by atoms with van der Waals surface area (Å²) in [5.74, 6) is -0.434. The molecule has 6 heteroatoms. The van der Waals surface area contributed by atoms with Gasteiger partial charge in [0.2, 0.25) is 6.04 Å². The van der Waals surface area contributed by atoms with Crippen molar-refractivity contribution in [3.05, 3.63) is 10.1 Å². The first kappa shape index (κ1) is 17.3. The summed E-state index contributed by atoms with van der Waals surface area (Å²) in [6.07, 6.45) is 0.672. The maximum Gasteiger partial charge on any atom is 0.219 e. The highest BCUT2D eigenvalue weighted by Crippen LogP contribution is 2.38. The second-order valence-electron chi connectivity index (χ2n) is 7.38. The molecule has 0 amide bonds. The Morgan fingerprint density at radius 1 is 1.40 bits per heavy atom. The summed E-state index contributed by atoms with van der Waals surface area (Å²) >= 11 is 0. The van der Waals surface area contributed by atoms with E-state index >= 15 is 0 Å². The van der Waals surface area contributed by atoms with Crippen LogP contribution in [-0.2, 0) is 9.22 Å². The van der Waals surface area contributed by atoms with Crippen LogP contribution in [0.15, 0.2) is 0 Å². The molecule has 5 nitrogen and oxygen atoms in total. The molecule has 0 aliphatic heterocycles. The van der Waals surface area contributed by atoms with E-state index in [0.29, 0.717) is 19.4 Å². The van der Waals surface area contributed by atoms with Gasteiger partial charge in [-0.2, -0.15) is 0 Å². The number of hydrogen-bond acceptors (Lipinski definition) is 4. The number of Topliss-reactive ketones (excluding diaryl/α,β-unsaturated/α-hetero) is 1. The summed E-state index contributed by atoms with van der Waals surface area (Å²) < 4.78 is 6.11. The van der Waals surface area contributed by atoms with Crippen LogP contribution < -0.4 is 0 Å².